The summed E-state index contributed by atoms with van der Waals surface area (Å²) in [6.45, 7) is 0. The number of carbonyl (C=O) groups excluding carboxylic acids is 1. The van der Waals surface area contributed by atoms with Crippen LogP contribution in [0.5, 0.6) is 0 Å². The van der Waals surface area contributed by atoms with Crippen LogP contribution in [0.3, 0.4) is 0 Å². The van der Waals surface area contributed by atoms with E-state index in [1.165, 1.54) is 12.1 Å². The fraction of sp³-hybridized carbons (Fsp3) is 0.125. The van der Waals surface area contributed by atoms with Crippen molar-refractivity contribution in [3.8, 4) is 0 Å². The van der Waals surface area contributed by atoms with Crippen LogP contribution in [0.15, 0.2) is 18.2 Å². The number of nitrogens with zero attached hydrogens (tertiary/aromatic N) is 1. The fourth-order valence-corrected chi connectivity index (χ4v) is 1.22. The van der Waals surface area contributed by atoms with Crippen LogP contribution in [-0.4, -0.2) is 15.5 Å². The van der Waals surface area contributed by atoms with Crippen LogP contribution in [0.4, 0.5) is 11.4 Å². The second-order valence-electron chi connectivity index (χ2n) is 2.69. The predicted octanol–water partition coefficient (Wildman–Crippen LogP) is 2.16. The maximum Gasteiger partial charge on any atom is 0.270 e. The molecule has 0 fully saturated rings. The summed E-state index contributed by atoms with van der Waals surface area (Å²) in [5.74, 6) is -0.653. The third-order valence-corrected chi connectivity index (χ3v) is 2.11. The molecule has 2 N–H and O–H groups in total. The standard InChI is InChI=1S/C8H6Cl2N2O3/c9-8(10)7(13)5-3-4(12(14)15)1-2-6(5)11/h1-3,8H,11H2. The second kappa shape index (κ2) is 4.46. The van der Waals surface area contributed by atoms with Gasteiger partial charge < -0.3 is 5.73 Å². The third-order valence-electron chi connectivity index (χ3n) is 1.71. The molecule has 80 valence electrons. The van der Waals surface area contributed by atoms with E-state index >= 15 is 0 Å². The zero-order chi connectivity index (χ0) is 11.6. The first-order chi connectivity index (χ1) is 6.93. The number of anilines is 1. The number of ketones is 1. The largest absolute Gasteiger partial charge is 0.398 e. The highest BCUT2D eigenvalue weighted by Gasteiger charge is 2.20. The van der Waals surface area contributed by atoms with Crippen LogP contribution >= 0.6 is 23.2 Å². The van der Waals surface area contributed by atoms with E-state index in [9.17, 15) is 14.9 Å². The van der Waals surface area contributed by atoms with E-state index in [1.54, 1.807) is 0 Å². The molecule has 0 heterocycles. The number of hydrogen-bond donors (Lipinski definition) is 1. The first-order valence-corrected chi connectivity index (χ1v) is 4.67. The SMILES string of the molecule is Nc1ccc([N+](=O)[O-])cc1C(=O)C(Cl)Cl. The lowest BCUT2D eigenvalue weighted by Crippen LogP contribution is -2.11. The van der Waals surface area contributed by atoms with E-state index in [0.29, 0.717) is 0 Å². The molecule has 0 aliphatic heterocycles. The van der Waals surface area contributed by atoms with Gasteiger partial charge in [-0.3, -0.25) is 14.9 Å². The third kappa shape index (κ3) is 2.57. The molecule has 0 saturated carbocycles. The molecule has 0 amide bonds. The molecule has 1 aromatic carbocycles. The maximum absolute atomic E-state index is 11.4. The molecule has 0 atom stereocenters. The van der Waals surface area contributed by atoms with Gasteiger partial charge in [0.25, 0.3) is 5.69 Å². The maximum atomic E-state index is 11.4. The van der Waals surface area contributed by atoms with E-state index in [2.05, 4.69) is 0 Å². The van der Waals surface area contributed by atoms with E-state index in [0.717, 1.165) is 6.07 Å². The Bertz CT molecular complexity index is 420. The lowest BCUT2D eigenvalue weighted by Gasteiger charge is -2.04. The quantitative estimate of drug-likeness (QED) is 0.292. The highest BCUT2D eigenvalue weighted by atomic mass is 35.5. The first kappa shape index (κ1) is 11.7. The summed E-state index contributed by atoms with van der Waals surface area (Å²) in [5, 5.41) is 10.4. The van der Waals surface area contributed by atoms with Crippen molar-refractivity contribution in [1.29, 1.82) is 0 Å². The van der Waals surface area contributed by atoms with Gasteiger partial charge in [0.1, 0.15) is 0 Å². The molecular formula is C8H6Cl2N2O3. The molecule has 0 radical (unpaired) electrons. The van der Waals surface area contributed by atoms with Gasteiger partial charge in [-0.1, -0.05) is 23.2 Å². The van der Waals surface area contributed by atoms with Gasteiger partial charge in [0.2, 0.25) is 0 Å². The highest BCUT2D eigenvalue weighted by molar-refractivity contribution is 6.55. The summed E-state index contributed by atoms with van der Waals surface area (Å²) in [6, 6.07) is 3.51. The molecule has 0 aliphatic rings. The molecule has 0 aliphatic carbocycles. The lowest BCUT2D eigenvalue weighted by molar-refractivity contribution is -0.384. The fourth-order valence-electron chi connectivity index (χ4n) is 0.989. The summed E-state index contributed by atoms with van der Waals surface area (Å²) < 4.78 is 0. The minimum absolute atomic E-state index is 0.0424. The van der Waals surface area contributed by atoms with Crippen LogP contribution in [-0.2, 0) is 0 Å². The molecule has 0 spiro atoms. The molecule has 0 saturated heterocycles. The van der Waals surface area contributed by atoms with Crippen molar-refractivity contribution in [1.82, 2.24) is 0 Å². The Labute approximate surface area is 94.9 Å². The lowest BCUT2D eigenvalue weighted by atomic mass is 10.1. The molecule has 1 aromatic rings. The minimum atomic E-state index is -1.28. The van der Waals surface area contributed by atoms with Crippen LogP contribution in [0, 0.1) is 10.1 Å². The van der Waals surface area contributed by atoms with Crippen molar-refractivity contribution in [2.45, 2.75) is 4.84 Å². The molecule has 0 unspecified atom stereocenters. The number of nitro benzene ring substituents is 1. The number of Topliss-reactive ketones (excluding diaryl/α,β-unsaturated/α-hetero) is 1. The van der Waals surface area contributed by atoms with Gasteiger partial charge in [0.05, 0.1) is 10.5 Å². The van der Waals surface area contributed by atoms with Crippen molar-refractivity contribution < 1.29 is 9.72 Å². The first-order valence-electron chi connectivity index (χ1n) is 3.79. The van der Waals surface area contributed by atoms with Gasteiger partial charge in [0.15, 0.2) is 10.6 Å². The summed E-state index contributed by atoms with van der Waals surface area (Å²) >= 11 is 10.7. The number of nitrogens with two attached hydrogens (primary N) is 1. The molecule has 0 aromatic heterocycles. The van der Waals surface area contributed by atoms with Crippen molar-refractivity contribution in [3.63, 3.8) is 0 Å². The molecule has 15 heavy (non-hydrogen) atoms. The number of benzene rings is 1. The average molecular weight is 249 g/mol. The Morgan fingerprint density at radius 3 is 2.53 bits per heavy atom. The minimum Gasteiger partial charge on any atom is -0.398 e. The summed E-state index contributed by atoms with van der Waals surface area (Å²) in [5.41, 5.74) is 5.30. The van der Waals surface area contributed by atoms with Crippen molar-refractivity contribution in [2.24, 2.45) is 0 Å². The topological polar surface area (TPSA) is 86.2 Å². The number of alkyl halides is 2. The normalized spacial score (nSPS) is 10.3. The number of rotatable bonds is 3. The zero-order valence-corrected chi connectivity index (χ0v) is 8.83. The van der Waals surface area contributed by atoms with Gasteiger partial charge >= 0.3 is 0 Å². The number of carbonyl (C=O) groups is 1. The van der Waals surface area contributed by atoms with Gasteiger partial charge in [-0.05, 0) is 6.07 Å². The highest BCUT2D eigenvalue weighted by Crippen LogP contribution is 2.23. The van der Waals surface area contributed by atoms with E-state index in [1.807, 2.05) is 0 Å². The monoisotopic (exact) mass is 248 g/mol. The Kier molecular flexibility index (Phi) is 3.49. The van der Waals surface area contributed by atoms with E-state index < -0.39 is 15.5 Å². The molecule has 7 heteroatoms. The summed E-state index contributed by atoms with van der Waals surface area (Å²) in [6.07, 6.45) is 0. The Morgan fingerprint density at radius 1 is 1.47 bits per heavy atom. The number of halogens is 2. The molecule has 0 bridgehead atoms. The number of nitrogen functional groups attached to an aromatic ring is 1. The molecule has 1 rings (SSSR count). The Balaban J connectivity index is 3.22. The van der Waals surface area contributed by atoms with Gasteiger partial charge in [0, 0.05) is 17.8 Å². The van der Waals surface area contributed by atoms with Crippen molar-refractivity contribution in [2.75, 3.05) is 5.73 Å². The Hall–Kier alpha value is -1.33. The Morgan fingerprint density at radius 2 is 2.07 bits per heavy atom. The number of nitro groups is 1. The van der Waals surface area contributed by atoms with Crippen LogP contribution < -0.4 is 5.73 Å². The summed E-state index contributed by atoms with van der Waals surface area (Å²) in [7, 11) is 0. The predicted molar refractivity (Wildman–Crippen MR) is 57.3 cm³/mol. The van der Waals surface area contributed by atoms with Crippen LogP contribution in [0.2, 0.25) is 0 Å². The van der Waals surface area contributed by atoms with Crippen LogP contribution in [0.1, 0.15) is 10.4 Å². The van der Waals surface area contributed by atoms with Crippen LogP contribution in [0.25, 0.3) is 0 Å². The smallest absolute Gasteiger partial charge is 0.270 e. The molecular weight excluding hydrogens is 243 g/mol. The number of hydrogen-bond acceptors (Lipinski definition) is 4. The number of non-ortho nitro benzene ring substituents is 1. The van der Waals surface area contributed by atoms with Gasteiger partial charge in [-0.25, -0.2) is 0 Å². The van der Waals surface area contributed by atoms with Gasteiger partial charge in [-0.15, -0.1) is 0 Å². The van der Waals surface area contributed by atoms with E-state index in [-0.39, 0.29) is 16.9 Å². The summed E-state index contributed by atoms with van der Waals surface area (Å²) in [4.78, 5) is 19.9. The average Bonchev–Trinajstić information content (AvgIpc) is 2.16. The molecule has 5 nitrogen and oxygen atoms in total. The van der Waals surface area contributed by atoms with E-state index in [4.69, 9.17) is 28.9 Å². The van der Waals surface area contributed by atoms with Crippen molar-refractivity contribution >= 4 is 40.4 Å². The van der Waals surface area contributed by atoms with Crippen molar-refractivity contribution in [3.05, 3.63) is 33.9 Å². The second-order valence-corrected chi connectivity index (χ2v) is 3.79. The zero-order valence-electron chi connectivity index (χ0n) is 7.31. The van der Waals surface area contributed by atoms with Gasteiger partial charge in [-0.2, -0.15) is 0 Å².